The lowest BCUT2D eigenvalue weighted by Gasteiger charge is -2.09. The molecular formula is C10H19N3O. The van der Waals surface area contributed by atoms with Crippen molar-refractivity contribution in [1.82, 2.24) is 14.9 Å². The molecule has 0 bridgehead atoms. The van der Waals surface area contributed by atoms with Crippen LogP contribution < -0.4 is 5.32 Å². The standard InChI is InChI=1S/C10H19N3O/c1-3-4-11-7-10-12-5-6-13(10)8-9(2)14/h5-6,9,11,14H,3-4,7-8H2,1-2H3. The molecule has 0 fully saturated rings. The fourth-order valence-electron chi connectivity index (χ4n) is 1.34. The van der Waals surface area contributed by atoms with Crippen LogP contribution in [0.5, 0.6) is 0 Å². The van der Waals surface area contributed by atoms with Gasteiger partial charge in [0, 0.05) is 18.9 Å². The van der Waals surface area contributed by atoms with Crippen molar-refractivity contribution >= 4 is 0 Å². The molecule has 4 nitrogen and oxygen atoms in total. The van der Waals surface area contributed by atoms with Crippen molar-refractivity contribution in [3.63, 3.8) is 0 Å². The maximum atomic E-state index is 9.25. The summed E-state index contributed by atoms with van der Waals surface area (Å²) in [6.45, 7) is 6.30. The van der Waals surface area contributed by atoms with Crippen molar-refractivity contribution in [2.45, 2.75) is 39.5 Å². The second-order valence-corrected chi connectivity index (χ2v) is 3.52. The quantitative estimate of drug-likeness (QED) is 0.662. The number of aromatic nitrogens is 2. The van der Waals surface area contributed by atoms with Gasteiger partial charge in [-0.2, -0.15) is 0 Å². The molecule has 0 aliphatic heterocycles. The lowest BCUT2D eigenvalue weighted by molar-refractivity contribution is 0.172. The van der Waals surface area contributed by atoms with E-state index >= 15 is 0 Å². The monoisotopic (exact) mass is 197 g/mol. The Labute approximate surface area is 85.0 Å². The summed E-state index contributed by atoms with van der Waals surface area (Å²) in [5, 5.41) is 12.5. The molecule has 80 valence electrons. The first kappa shape index (κ1) is 11.2. The van der Waals surface area contributed by atoms with Crippen LogP contribution in [0.25, 0.3) is 0 Å². The van der Waals surface area contributed by atoms with Crippen LogP contribution in [0.1, 0.15) is 26.1 Å². The van der Waals surface area contributed by atoms with Crippen LogP contribution >= 0.6 is 0 Å². The van der Waals surface area contributed by atoms with E-state index in [0.717, 1.165) is 25.3 Å². The molecule has 0 aliphatic carbocycles. The Hall–Kier alpha value is -0.870. The van der Waals surface area contributed by atoms with Gasteiger partial charge in [-0.3, -0.25) is 0 Å². The molecule has 1 heterocycles. The molecule has 0 spiro atoms. The molecule has 1 aromatic rings. The lowest BCUT2D eigenvalue weighted by atomic mass is 10.4. The van der Waals surface area contributed by atoms with E-state index in [4.69, 9.17) is 0 Å². The van der Waals surface area contributed by atoms with Crippen molar-refractivity contribution < 1.29 is 5.11 Å². The highest BCUT2D eigenvalue weighted by Gasteiger charge is 2.03. The fourth-order valence-corrected chi connectivity index (χ4v) is 1.34. The van der Waals surface area contributed by atoms with E-state index < -0.39 is 0 Å². The highest BCUT2D eigenvalue weighted by atomic mass is 16.3. The summed E-state index contributed by atoms with van der Waals surface area (Å²) in [6.07, 6.45) is 4.46. The zero-order valence-corrected chi connectivity index (χ0v) is 8.90. The average molecular weight is 197 g/mol. The molecule has 2 N–H and O–H groups in total. The van der Waals surface area contributed by atoms with Gasteiger partial charge in [-0.1, -0.05) is 6.92 Å². The van der Waals surface area contributed by atoms with Gasteiger partial charge in [-0.05, 0) is 19.9 Å². The second kappa shape index (κ2) is 5.78. The zero-order chi connectivity index (χ0) is 10.4. The molecule has 0 aromatic carbocycles. The van der Waals surface area contributed by atoms with Gasteiger partial charge < -0.3 is 15.0 Å². The third-order valence-corrected chi connectivity index (χ3v) is 1.97. The first-order valence-corrected chi connectivity index (χ1v) is 5.12. The molecule has 14 heavy (non-hydrogen) atoms. The van der Waals surface area contributed by atoms with Gasteiger partial charge in [0.1, 0.15) is 5.82 Å². The van der Waals surface area contributed by atoms with Gasteiger partial charge in [0.25, 0.3) is 0 Å². The van der Waals surface area contributed by atoms with E-state index in [1.54, 1.807) is 13.1 Å². The summed E-state index contributed by atoms with van der Waals surface area (Å²) in [4.78, 5) is 4.23. The molecule has 4 heteroatoms. The number of rotatable bonds is 6. The van der Waals surface area contributed by atoms with Crippen molar-refractivity contribution in [2.75, 3.05) is 6.54 Å². The highest BCUT2D eigenvalue weighted by Crippen LogP contribution is 1.99. The summed E-state index contributed by atoms with van der Waals surface area (Å²) in [7, 11) is 0. The number of aliphatic hydroxyl groups excluding tert-OH is 1. The third kappa shape index (κ3) is 3.47. The molecule has 0 saturated carbocycles. The number of hydrogen-bond acceptors (Lipinski definition) is 3. The Bertz CT molecular complexity index is 258. The number of nitrogens with one attached hydrogen (secondary N) is 1. The summed E-state index contributed by atoms with van der Waals surface area (Å²) < 4.78 is 1.98. The number of nitrogens with zero attached hydrogens (tertiary/aromatic N) is 2. The average Bonchev–Trinajstić information content (AvgIpc) is 2.52. The molecule has 0 saturated heterocycles. The van der Waals surface area contributed by atoms with E-state index in [1.807, 2.05) is 10.8 Å². The van der Waals surface area contributed by atoms with Crippen LogP contribution in [0.15, 0.2) is 12.4 Å². The summed E-state index contributed by atoms with van der Waals surface area (Å²) >= 11 is 0. The van der Waals surface area contributed by atoms with E-state index in [0.29, 0.717) is 6.54 Å². The first-order valence-electron chi connectivity index (χ1n) is 5.12. The third-order valence-electron chi connectivity index (χ3n) is 1.97. The summed E-state index contributed by atoms with van der Waals surface area (Å²) in [5.41, 5.74) is 0. The van der Waals surface area contributed by atoms with Crippen molar-refractivity contribution in [1.29, 1.82) is 0 Å². The molecule has 1 aromatic heterocycles. The van der Waals surface area contributed by atoms with Crippen LogP contribution in [0.3, 0.4) is 0 Å². The van der Waals surface area contributed by atoms with E-state index in [9.17, 15) is 5.11 Å². The molecule has 1 atom stereocenters. The van der Waals surface area contributed by atoms with Gasteiger partial charge >= 0.3 is 0 Å². The smallest absolute Gasteiger partial charge is 0.122 e. The first-order chi connectivity index (χ1) is 6.74. The SMILES string of the molecule is CCCNCc1nccn1CC(C)O. The number of hydrogen-bond donors (Lipinski definition) is 2. The van der Waals surface area contributed by atoms with E-state index in [-0.39, 0.29) is 6.10 Å². The van der Waals surface area contributed by atoms with Crippen LogP contribution in [0, 0.1) is 0 Å². The largest absolute Gasteiger partial charge is 0.392 e. The maximum absolute atomic E-state index is 9.25. The predicted molar refractivity (Wildman–Crippen MR) is 55.9 cm³/mol. The molecule has 1 unspecified atom stereocenters. The van der Waals surface area contributed by atoms with E-state index in [2.05, 4.69) is 17.2 Å². The van der Waals surface area contributed by atoms with Crippen molar-refractivity contribution in [3.05, 3.63) is 18.2 Å². The van der Waals surface area contributed by atoms with Gasteiger partial charge in [-0.25, -0.2) is 4.98 Å². The van der Waals surface area contributed by atoms with Crippen LogP contribution in [0.4, 0.5) is 0 Å². The van der Waals surface area contributed by atoms with E-state index in [1.165, 1.54) is 0 Å². The predicted octanol–water partition coefficient (Wildman–Crippen LogP) is 0.763. The Balaban J connectivity index is 2.45. The van der Waals surface area contributed by atoms with Gasteiger partial charge in [0.15, 0.2) is 0 Å². The summed E-state index contributed by atoms with van der Waals surface area (Å²) in [5.74, 6) is 0.986. The topological polar surface area (TPSA) is 50.1 Å². The van der Waals surface area contributed by atoms with Crippen molar-refractivity contribution in [2.24, 2.45) is 0 Å². The van der Waals surface area contributed by atoms with Crippen LogP contribution in [-0.2, 0) is 13.1 Å². The Morgan fingerprint density at radius 1 is 1.64 bits per heavy atom. The molecular weight excluding hydrogens is 178 g/mol. The Morgan fingerprint density at radius 2 is 2.43 bits per heavy atom. The second-order valence-electron chi connectivity index (χ2n) is 3.52. The highest BCUT2D eigenvalue weighted by molar-refractivity contribution is 4.92. The van der Waals surface area contributed by atoms with Gasteiger partial charge in [-0.15, -0.1) is 0 Å². The van der Waals surface area contributed by atoms with Gasteiger partial charge in [0.05, 0.1) is 12.6 Å². The van der Waals surface area contributed by atoms with Gasteiger partial charge in [0.2, 0.25) is 0 Å². The minimum absolute atomic E-state index is 0.325. The lowest BCUT2D eigenvalue weighted by Crippen LogP contribution is -2.20. The van der Waals surface area contributed by atoms with Crippen LogP contribution in [0.2, 0.25) is 0 Å². The fraction of sp³-hybridized carbons (Fsp3) is 0.700. The molecule has 0 aliphatic rings. The number of imidazole rings is 1. The molecule has 0 amide bonds. The Morgan fingerprint density at radius 3 is 3.07 bits per heavy atom. The van der Waals surface area contributed by atoms with Crippen LogP contribution in [-0.4, -0.2) is 27.3 Å². The molecule has 0 radical (unpaired) electrons. The van der Waals surface area contributed by atoms with Crippen molar-refractivity contribution in [3.8, 4) is 0 Å². The maximum Gasteiger partial charge on any atom is 0.122 e. The zero-order valence-electron chi connectivity index (χ0n) is 8.90. The molecule has 1 rings (SSSR count). The normalized spacial score (nSPS) is 13.1. The minimum atomic E-state index is -0.325. The number of aliphatic hydroxyl groups is 1. The summed E-state index contributed by atoms with van der Waals surface area (Å²) in [6, 6.07) is 0. The minimum Gasteiger partial charge on any atom is -0.392 e. The Kier molecular flexibility index (Phi) is 4.62.